The van der Waals surface area contributed by atoms with Crippen molar-refractivity contribution >= 4 is 18.3 Å². The lowest BCUT2D eigenvalue weighted by molar-refractivity contribution is 0.0998. The van der Waals surface area contributed by atoms with Crippen LogP contribution >= 0.6 is 12.4 Å². The van der Waals surface area contributed by atoms with Gasteiger partial charge in [-0.3, -0.25) is 4.79 Å². The first-order valence-electron chi connectivity index (χ1n) is 5.64. The van der Waals surface area contributed by atoms with Crippen molar-refractivity contribution in [1.29, 1.82) is 0 Å². The van der Waals surface area contributed by atoms with Gasteiger partial charge in [-0.25, -0.2) is 0 Å². The van der Waals surface area contributed by atoms with E-state index >= 15 is 0 Å². The highest BCUT2D eigenvalue weighted by molar-refractivity contribution is 5.94. The molecule has 1 heterocycles. The maximum atomic E-state index is 11.4. The van der Waals surface area contributed by atoms with Gasteiger partial charge in [0.15, 0.2) is 0 Å². The van der Waals surface area contributed by atoms with Gasteiger partial charge < -0.3 is 21.1 Å². The quantitative estimate of drug-likeness (QED) is 0.746. The summed E-state index contributed by atoms with van der Waals surface area (Å²) in [5.74, 6) is 0.326. The number of nitrogens with two attached hydrogens (primary N) is 1. The molecule has 0 saturated carbocycles. The van der Waals surface area contributed by atoms with Gasteiger partial charge in [0.1, 0.15) is 5.75 Å². The molecule has 0 bridgehead atoms. The van der Waals surface area contributed by atoms with E-state index in [2.05, 4.69) is 10.6 Å². The highest BCUT2D eigenvalue weighted by Gasteiger charge is 2.20. The summed E-state index contributed by atoms with van der Waals surface area (Å²) in [7, 11) is 1.61. The molecule has 1 atom stereocenters. The van der Waals surface area contributed by atoms with Crippen molar-refractivity contribution < 1.29 is 9.53 Å². The second-order valence-corrected chi connectivity index (χ2v) is 4.03. The number of hydrogen-bond donors (Lipinski definition) is 3. The first kappa shape index (κ1) is 14.8. The van der Waals surface area contributed by atoms with Crippen LogP contribution in [0.2, 0.25) is 0 Å². The maximum absolute atomic E-state index is 11.4. The minimum atomic E-state index is -0.407. The SMILES string of the molecule is COc1ccc(C(N)=O)c(C2CNCCN2)c1.Cl. The molecule has 4 N–H and O–H groups in total. The fourth-order valence-corrected chi connectivity index (χ4v) is 2.05. The summed E-state index contributed by atoms with van der Waals surface area (Å²) in [5, 5.41) is 6.64. The summed E-state index contributed by atoms with van der Waals surface area (Å²) in [5.41, 5.74) is 6.83. The van der Waals surface area contributed by atoms with Gasteiger partial charge in [0.25, 0.3) is 0 Å². The molecule has 0 spiro atoms. The topological polar surface area (TPSA) is 76.4 Å². The summed E-state index contributed by atoms with van der Waals surface area (Å²) in [6.07, 6.45) is 0. The van der Waals surface area contributed by atoms with E-state index in [1.807, 2.05) is 6.07 Å². The highest BCUT2D eigenvalue weighted by atomic mass is 35.5. The molecule has 2 rings (SSSR count). The van der Waals surface area contributed by atoms with Gasteiger partial charge in [-0.1, -0.05) is 0 Å². The van der Waals surface area contributed by atoms with E-state index in [-0.39, 0.29) is 18.4 Å². The zero-order valence-corrected chi connectivity index (χ0v) is 11.0. The number of methoxy groups -OCH3 is 1. The maximum Gasteiger partial charge on any atom is 0.249 e. The van der Waals surface area contributed by atoms with Crippen LogP contribution < -0.4 is 21.1 Å². The normalized spacial score (nSPS) is 18.8. The standard InChI is InChI=1S/C12H17N3O2.ClH/c1-17-8-2-3-9(12(13)16)10(6-8)11-7-14-4-5-15-11;/h2-3,6,11,14-15H,4-5,7H2,1H3,(H2,13,16);1H. The second kappa shape index (κ2) is 6.58. The third kappa shape index (κ3) is 3.13. The van der Waals surface area contributed by atoms with Gasteiger partial charge in [-0.05, 0) is 23.8 Å². The number of amides is 1. The van der Waals surface area contributed by atoms with Crippen molar-refractivity contribution in [3.63, 3.8) is 0 Å². The van der Waals surface area contributed by atoms with Gasteiger partial charge in [-0.15, -0.1) is 12.4 Å². The Hall–Kier alpha value is -1.30. The summed E-state index contributed by atoms with van der Waals surface area (Å²) >= 11 is 0. The third-order valence-corrected chi connectivity index (χ3v) is 2.94. The number of carbonyl (C=O) groups excluding carboxylic acids is 1. The fourth-order valence-electron chi connectivity index (χ4n) is 2.05. The number of hydrogen-bond acceptors (Lipinski definition) is 4. The molecule has 1 amide bonds. The van der Waals surface area contributed by atoms with Crippen molar-refractivity contribution in [2.75, 3.05) is 26.7 Å². The Kier molecular flexibility index (Phi) is 5.40. The van der Waals surface area contributed by atoms with Crippen LogP contribution in [0.5, 0.6) is 5.75 Å². The van der Waals surface area contributed by atoms with Crippen LogP contribution in [0, 0.1) is 0 Å². The molecule has 0 aromatic heterocycles. The van der Waals surface area contributed by atoms with Crippen LogP contribution in [0.15, 0.2) is 18.2 Å². The number of nitrogens with one attached hydrogen (secondary N) is 2. The van der Waals surface area contributed by atoms with E-state index in [0.29, 0.717) is 5.56 Å². The zero-order chi connectivity index (χ0) is 12.3. The lowest BCUT2D eigenvalue weighted by Gasteiger charge is -2.26. The number of benzene rings is 1. The van der Waals surface area contributed by atoms with Gasteiger partial charge in [0.2, 0.25) is 5.91 Å². The number of primary amides is 1. The second-order valence-electron chi connectivity index (χ2n) is 4.03. The molecule has 0 radical (unpaired) electrons. The molecular weight excluding hydrogens is 254 g/mol. The summed E-state index contributed by atoms with van der Waals surface area (Å²) in [4.78, 5) is 11.4. The van der Waals surface area contributed by atoms with Crippen LogP contribution in [-0.2, 0) is 0 Å². The summed E-state index contributed by atoms with van der Waals surface area (Å²) in [6, 6.07) is 5.43. The minimum Gasteiger partial charge on any atom is -0.497 e. The number of halogens is 1. The van der Waals surface area contributed by atoms with E-state index in [4.69, 9.17) is 10.5 Å². The number of rotatable bonds is 3. The lowest BCUT2D eigenvalue weighted by Crippen LogP contribution is -2.43. The Bertz CT molecular complexity index is 420. The smallest absolute Gasteiger partial charge is 0.249 e. The van der Waals surface area contributed by atoms with Crippen LogP contribution in [0.1, 0.15) is 22.0 Å². The molecule has 6 heteroatoms. The Balaban J connectivity index is 0.00000162. The number of carbonyl (C=O) groups is 1. The van der Waals surface area contributed by atoms with Crippen LogP contribution in [-0.4, -0.2) is 32.7 Å². The van der Waals surface area contributed by atoms with Crippen molar-refractivity contribution in [2.45, 2.75) is 6.04 Å². The molecular formula is C12H18ClN3O2. The van der Waals surface area contributed by atoms with Gasteiger partial charge in [-0.2, -0.15) is 0 Å². The monoisotopic (exact) mass is 271 g/mol. The highest BCUT2D eigenvalue weighted by Crippen LogP contribution is 2.24. The molecule has 1 aliphatic rings. The lowest BCUT2D eigenvalue weighted by atomic mass is 9.98. The zero-order valence-electron chi connectivity index (χ0n) is 10.2. The van der Waals surface area contributed by atoms with E-state index in [1.54, 1.807) is 19.2 Å². The Labute approximate surface area is 112 Å². The average molecular weight is 272 g/mol. The molecule has 100 valence electrons. The van der Waals surface area contributed by atoms with Gasteiger partial charge in [0.05, 0.1) is 7.11 Å². The predicted octanol–water partition coefficient (Wildman–Crippen LogP) is 0.450. The summed E-state index contributed by atoms with van der Waals surface area (Å²) < 4.78 is 5.18. The first-order chi connectivity index (χ1) is 8.22. The molecule has 1 unspecified atom stereocenters. The molecule has 0 aliphatic carbocycles. The third-order valence-electron chi connectivity index (χ3n) is 2.94. The molecule has 18 heavy (non-hydrogen) atoms. The molecule has 5 nitrogen and oxygen atoms in total. The average Bonchev–Trinajstić information content (AvgIpc) is 2.39. The Morgan fingerprint density at radius 3 is 2.78 bits per heavy atom. The predicted molar refractivity (Wildman–Crippen MR) is 72.4 cm³/mol. The van der Waals surface area contributed by atoms with Crippen LogP contribution in [0.4, 0.5) is 0 Å². The fraction of sp³-hybridized carbons (Fsp3) is 0.417. The molecule has 1 aromatic rings. The van der Waals surface area contributed by atoms with E-state index in [1.165, 1.54) is 0 Å². The Morgan fingerprint density at radius 2 is 2.22 bits per heavy atom. The van der Waals surface area contributed by atoms with Crippen molar-refractivity contribution in [3.8, 4) is 5.75 Å². The van der Waals surface area contributed by atoms with Crippen molar-refractivity contribution in [1.82, 2.24) is 10.6 Å². The van der Waals surface area contributed by atoms with Crippen molar-refractivity contribution in [3.05, 3.63) is 29.3 Å². The molecule has 1 saturated heterocycles. The van der Waals surface area contributed by atoms with Gasteiger partial charge in [0, 0.05) is 31.2 Å². The minimum absolute atomic E-state index is 0. The summed E-state index contributed by atoms with van der Waals surface area (Å²) in [6.45, 7) is 2.60. The molecule has 1 aromatic carbocycles. The molecule has 1 aliphatic heterocycles. The largest absolute Gasteiger partial charge is 0.497 e. The van der Waals surface area contributed by atoms with E-state index < -0.39 is 5.91 Å². The number of piperazine rings is 1. The Morgan fingerprint density at radius 1 is 1.44 bits per heavy atom. The molecule has 1 fully saturated rings. The van der Waals surface area contributed by atoms with Crippen LogP contribution in [0.3, 0.4) is 0 Å². The van der Waals surface area contributed by atoms with Crippen LogP contribution in [0.25, 0.3) is 0 Å². The van der Waals surface area contributed by atoms with E-state index in [9.17, 15) is 4.79 Å². The van der Waals surface area contributed by atoms with Crippen molar-refractivity contribution in [2.24, 2.45) is 5.73 Å². The van der Waals surface area contributed by atoms with E-state index in [0.717, 1.165) is 30.9 Å². The number of ether oxygens (including phenoxy) is 1. The van der Waals surface area contributed by atoms with Gasteiger partial charge >= 0.3 is 0 Å². The first-order valence-corrected chi connectivity index (χ1v) is 5.64.